The van der Waals surface area contributed by atoms with Gasteiger partial charge in [-0.3, -0.25) is 39.3 Å². The first-order chi connectivity index (χ1) is 14.5. The number of amides is 2. The summed E-state index contributed by atoms with van der Waals surface area (Å²) in [4.78, 5) is 49.2. The summed E-state index contributed by atoms with van der Waals surface area (Å²) >= 11 is 0. The van der Waals surface area contributed by atoms with Gasteiger partial charge in [-0.2, -0.15) is 0 Å². The largest absolute Gasteiger partial charge is 0.338 e. The summed E-state index contributed by atoms with van der Waals surface area (Å²) in [6, 6.07) is 0. The van der Waals surface area contributed by atoms with Gasteiger partial charge < -0.3 is 9.80 Å². The Bertz CT molecular complexity index is 743. The van der Waals surface area contributed by atoms with Crippen molar-refractivity contribution in [2.45, 2.75) is 13.1 Å². The van der Waals surface area contributed by atoms with Gasteiger partial charge in [-0.15, -0.1) is 0 Å². The van der Waals surface area contributed by atoms with E-state index in [-0.39, 0.29) is 11.8 Å². The molecule has 1 saturated heterocycles. The molecule has 30 heavy (non-hydrogen) atoms. The zero-order valence-corrected chi connectivity index (χ0v) is 17.5. The lowest BCUT2D eigenvalue weighted by molar-refractivity contribution is -0.140. The maximum absolute atomic E-state index is 12.6. The SMILES string of the molecule is CN(CC(=O)N1CCN(C(=O)CN(C)Cc2cnccn2)CC1)Cc1cnccn1. The highest BCUT2D eigenvalue weighted by molar-refractivity contribution is 5.80. The quantitative estimate of drug-likeness (QED) is 0.572. The first kappa shape index (κ1) is 21.7. The van der Waals surface area contributed by atoms with Crippen LogP contribution in [-0.2, 0) is 22.7 Å². The van der Waals surface area contributed by atoms with Crippen molar-refractivity contribution in [3.05, 3.63) is 48.6 Å². The van der Waals surface area contributed by atoms with Crippen molar-refractivity contribution in [3.63, 3.8) is 0 Å². The van der Waals surface area contributed by atoms with Crippen molar-refractivity contribution in [3.8, 4) is 0 Å². The molecule has 0 saturated carbocycles. The third-order valence-corrected chi connectivity index (χ3v) is 4.89. The number of carbonyl (C=O) groups excluding carboxylic acids is 2. The third-order valence-electron chi connectivity index (χ3n) is 4.89. The van der Waals surface area contributed by atoms with Crippen LogP contribution in [0.3, 0.4) is 0 Å². The topological polar surface area (TPSA) is 98.7 Å². The molecule has 2 aromatic rings. The number of hydrogen-bond acceptors (Lipinski definition) is 8. The van der Waals surface area contributed by atoms with Gasteiger partial charge in [0, 0.05) is 76.4 Å². The Kier molecular flexibility index (Phi) is 7.75. The highest BCUT2D eigenvalue weighted by Crippen LogP contribution is 2.06. The maximum atomic E-state index is 12.6. The van der Waals surface area contributed by atoms with E-state index in [1.807, 2.05) is 33.7 Å². The Labute approximate surface area is 176 Å². The summed E-state index contributed by atoms with van der Waals surface area (Å²) in [6.07, 6.45) is 9.95. The van der Waals surface area contributed by atoms with Crippen molar-refractivity contribution >= 4 is 11.8 Å². The molecular weight excluding hydrogens is 384 g/mol. The number of likely N-dealkylation sites (N-methyl/N-ethyl adjacent to an activating group) is 2. The Hall–Kier alpha value is -2.98. The number of carbonyl (C=O) groups is 2. The molecule has 2 amide bonds. The second kappa shape index (κ2) is 10.7. The van der Waals surface area contributed by atoms with Crippen LogP contribution < -0.4 is 0 Å². The molecule has 10 nitrogen and oxygen atoms in total. The van der Waals surface area contributed by atoms with Gasteiger partial charge in [0.05, 0.1) is 24.5 Å². The Morgan fingerprint density at radius 2 is 1.17 bits per heavy atom. The molecule has 0 atom stereocenters. The van der Waals surface area contributed by atoms with Crippen LogP contribution in [0, 0.1) is 0 Å². The molecule has 10 heteroatoms. The monoisotopic (exact) mass is 412 g/mol. The van der Waals surface area contributed by atoms with Crippen molar-refractivity contribution in [2.75, 3.05) is 53.4 Å². The van der Waals surface area contributed by atoms with E-state index in [2.05, 4.69) is 19.9 Å². The van der Waals surface area contributed by atoms with Gasteiger partial charge in [-0.25, -0.2) is 0 Å². The zero-order chi connectivity index (χ0) is 21.3. The molecule has 3 rings (SSSR count). The van der Waals surface area contributed by atoms with Crippen molar-refractivity contribution in [1.82, 2.24) is 39.5 Å². The van der Waals surface area contributed by atoms with Crippen molar-refractivity contribution in [2.24, 2.45) is 0 Å². The molecule has 0 aliphatic carbocycles. The Morgan fingerprint density at radius 3 is 1.50 bits per heavy atom. The van der Waals surface area contributed by atoms with Crippen LogP contribution in [0.25, 0.3) is 0 Å². The molecule has 160 valence electrons. The van der Waals surface area contributed by atoms with Gasteiger partial charge in [-0.1, -0.05) is 0 Å². The number of piperazine rings is 1. The van der Waals surface area contributed by atoms with Gasteiger partial charge in [0.15, 0.2) is 0 Å². The van der Waals surface area contributed by atoms with E-state index in [1.165, 1.54) is 0 Å². The highest BCUT2D eigenvalue weighted by atomic mass is 16.2. The first-order valence-corrected chi connectivity index (χ1v) is 9.93. The summed E-state index contributed by atoms with van der Waals surface area (Å²) in [7, 11) is 3.78. The fourth-order valence-electron chi connectivity index (χ4n) is 3.36. The van der Waals surface area contributed by atoms with E-state index in [0.717, 1.165) is 11.4 Å². The van der Waals surface area contributed by atoms with E-state index in [4.69, 9.17) is 0 Å². The lowest BCUT2D eigenvalue weighted by Crippen LogP contribution is -2.53. The van der Waals surface area contributed by atoms with Crippen LogP contribution in [0.5, 0.6) is 0 Å². The predicted octanol–water partition coefficient (Wildman–Crippen LogP) is -0.499. The van der Waals surface area contributed by atoms with E-state index in [9.17, 15) is 9.59 Å². The van der Waals surface area contributed by atoms with Crippen LogP contribution in [-0.4, -0.2) is 105 Å². The van der Waals surface area contributed by atoms with E-state index < -0.39 is 0 Å². The molecule has 0 aromatic carbocycles. The molecule has 0 spiro atoms. The van der Waals surface area contributed by atoms with Crippen LogP contribution in [0.2, 0.25) is 0 Å². The van der Waals surface area contributed by atoms with Gasteiger partial charge in [0.25, 0.3) is 0 Å². The average molecular weight is 412 g/mol. The summed E-state index contributed by atoms with van der Waals surface area (Å²) in [5.74, 6) is 0.126. The molecule has 1 fully saturated rings. The minimum absolute atomic E-state index is 0.0632. The highest BCUT2D eigenvalue weighted by Gasteiger charge is 2.25. The molecule has 0 radical (unpaired) electrons. The Balaban J connectivity index is 1.39. The van der Waals surface area contributed by atoms with Crippen LogP contribution >= 0.6 is 0 Å². The summed E-state index contributed by atoms with van der Waals surface area (Å²) in [5.41, 5.74) is 1.66. The fraction of sp³-hybridized carbons (Fsp3) is 0.500. The van der Waals surface area contributed by atoms with Crippen LogP contribution in [0.4, 0.5) is 0 Å². The maximum Gasteiger partial charge on any atom is 0.236 e. The van der Waals surface area contributed by atoms with E-state index >= 15 is 0 Å². The predicted molar refractivity (Wildman–Crippen MR) is 110 cm³/mol. The van der Waals surface area contributed by atoms with Gasteiger partial charge in [0.2, 0.25) is 11.8 Å². The molecule has 1 aliphatic heterocycles. The van der Waals surface area contributed by atoms with Crippen LogP contribution in [0.15, 0.2) is 37.2 Å². The minimum atomic E-state index is 0.0632. The van der Waals surface area contributed by atoms with Crippen molar-refractivity contribution in [1.29, 1.82) is 0 Å². The number of aromatic nitrogens is 4. The summed E-state index contributed by atoms with van der Waals surface area (Å²) < 4.78 is 0. The zero-order valence-electron chi connectivity index (χ0n) is 17.5. The molecule has 0 N–H and O–H groups in total. The second-order valence-electron chi connectivity index (χ2n) is 7.50. The smallest absolute Gasteiger partial charge is 0.236 e. The molecular formula is C20H28N8O2. The molecule has 2 aromatic heterocycles. The van der Waals surface area contributed by atoms with E-state index in [1.54, 1.807) is 37.2 Å². The lowest BCUT2D eigenvalue weighted by atomic mass is 10.3. The van der Waals surface area contributed by atoms with E-state index in [0.29, 0.717) is 52.4 Å². The van der Waals surface area contributed by atoms with Crippen LogP contribution in [0.1, 0.15) is 11.4 Å². The molecule has 1 aliphatic rings. The standard InChI is InChI=1S/C20H28N8O2/c1-25(13-17-11-21-3-5-23-17)15-19(29)27-7-9-28(10-8-27)20(30)16-26(2)14-18-12-22-4-6-24-18/h3-6,11-12H,7-10,13-16H2,1-2H3. The lowest BCUT2D eigenvalue weighted by Gasteiger charge is -2.36. The van der Waals surface area contributed by atoms with Gasteiger partial charge in [-0.05, 0) is 14.1 Å². The van der Waals surface area contributed by atoms with Gasteiger partial charge in [0.1, 0.15) is 0 Å². The first-order valence-electron chi connectivity index (χ1n) is 9.93. The Morgan fingerprint density at radius 1 is 0.767 bits per heavy atom. The number of rotatable bonds is 8. The third kappa shape index (κ3) is 6.53. The average Bonchev–Trinajstić information content (AvgIpc) is 2.75. The fourth-order valence-corrected chi connectivity index (χ4v) is 3.36. The number of nitrogens with zero attached hydrogens (tertiary/aromatic N) is 8. The summed E-state index contributed by atoms with van der Waals surface area (Å²) in [5, 5.41) is 0. The van der Waals surface area contributed by atoms with Gasteiger partial charge >= 0.3 is 0 Å². The summed E-state index contributed by atoms with van der Waals surface area (Å²) in [6.45, 7) is 3.97. The molecule has 0 unspecified atom stereocenters. The molecule has 0 bridgehead atoms. The normalized spacial score (nSPS) is 14.4. The second-order valence-corrected chi connectivity index (χ2v) is 7.50. The number of hydrogen-bond donors (Lipinski definition) is 0. The van der Waals surface area contributed by atoms with Crippen molar-refractivity contribution < 1.29 is 9.59 Å². The minimum Gasteiger partial charge on any atom is -0.338 e. The molecule has 3 heterocycles.